The molecule has 0 aromatic rings. The van der Waals surface area contributed by atoms with Crippen LogP contribution in [0.1, 0.15) is 33.1 Å². The molecule has 1 saturated carbocycles. The maximum atomic E-state index is 5.99. The molecule has 0 bridgehead atoms. The molecule has 2 rings (SSSR count). The fourth-order valence-corrected chi connectivity index (χ4v) is 2.60. The summed E-state index contributed by atoms with van der Waals surface area (Å²) in [5.41, 5.74) is 5.99. The molecule has 70 valence electrons. The highest BCUT2D eigenvalue weighted by molar-refractivity contribution is 4.95. The molecule has 2 fully saturated rings. The summed E-state index contributed by atoms with van der Waals surface area (Å²) in [6, 6.07) is 1.91. The van der Waals surface area contributed by atoms with Gasteiger partial charge in [0.2, 0.25) is 0 Å². The molecule has 2 aliphatic rings. The number of rotatable bonds is 1. The maximum absolute atomic E-state index is 5.99. The zero-order chi connectivity index (χ0) is 8.72. The molecule has 1 aliphatic heterocycles. The van der Waals surface area contributed by atoms with Crippen LogP contribution >= 0.6 is 0 Å². The fourth-order valence-electron chi connectivity index (χ4n) is 2.60. The van der Waals surface area contributed by atoms with E-state index in [1.54, 1.807) is 0 Å². The third kappa shape index (κ3) is 1.17. The van der Waals surface area contributed by atoms with Gasteiger partial charge in [-0.3, -0.25) is 4.90 Å². The van der Waals surface area contributed by atoms with Gasteiger partial charge in [0.1, 0.15) is 0 Å². The summed E-state index contributed by atoms with van der Waals surface area (Å²) in [6.45, 7) is 5.88. The van der Waals surface area contributed by atoms with Gasteiger partial charge < -0.3 is 5.73 Å². The second-order valence-corrected chi connectivity index (χ2v) is 4.55. The van der Waals surface area contributed by atoms with Gasteiger partial charge in [0.15, 0.2) is 0 Å². The topological polar surface area (TPSA) is 29.3 Å². The van der Waals surface area contributed by atoms with E-state index in [4.69, 9.17) is 5.73 Å². The minimum Gasteiger partial charge on any atom is -0.326 e. The van der Waals surface area contributed by atoms with Crippen LogP contribution in [0.25, 0.3) is 0 Å². The van der Waals surface area contributed by atoms with E-state index in [-0.39, 0.29) is 0 Å². The maximum Gasteiger partial charge on any atom is 0.0222 e. The van der Waals surface area contributed by atoms with Gasteiger partial charge >= 0.3 is 0 Å². The molecule has 2 heteroatoms. The molecule has 12 heavy (non-hydrogen) atoms. The third-order valence-electron chi connectivity index (χ3n) is 3.86. The smallest absolute Gasteiger partial charge is 0.0222 e. The summed E-state index contributed by atoms with van der Waals surface area (Å²) in [5.74, 6) is 0.915. The van der Waals surface area contributed by atoms with Crippen molar-refractivity contribution in [2.24, 2.45) is 11.7 Å². The van der Waals surface area contributed by atoms with Gasteiger partial charge in [0.25, 0.3) is 0 Å². The molecule has 1 heterocycles. The normalized spacial score (nSPS) is 49.2. The largest absolute Gasteiger partial charge is 0.326 e. The molecule has 0 aromatic heterocycles. The second-order valence-electron chi connectivity index (χ2n) is 4.55. The van der Waals surface area contributed by atoms with Gasteiger partial charge in [0.05, 0.1) is 0 Å². The standard InChI is InChI=1S/C10H20N2/c1-7-3-4-10(7)12-6-5-9(11)8(12)2/h7-10H,3-6,11H2,1-2H3. The predicted octanol–water partition coefficient (Wildman–Crippen LogP) is 1.21. The van der Waals surface area contributed by atoms with E-state index in [1.165, 1.54) is 25.8 Å². The molecule has 0 amide bonds. The first-order chi connectivity index (χ1) is 5.70. The number of likely N-dealkylation sites (tertiary alicyclic amines) is 1. The first-order valence-corrected chi connectivity index (χ1v) is 5.21. The summed E-state index contributed by atoms with van der Waals surface area (Å²) in [4.78, 5) is 2.62. The lowest BCUT2D eigenvalue weighted by Gasteiger charge is -2.43. The van der Waals surface area contributed by atoms with E-state index in [1.807, 2.05) is 0 Å². The van der Waals surface area contributed by atoms with Gasteiger partial charge in [-0.15, -0.1) is 0 Å². The van der Waals surface area contributed by atoms with Crippen molar-refractivity contribution < 1.29 is 0 Å². The first kappa shape index (κ1) is 8.52. The van der Waals surface area contributed by atoms with Crippen molar-refractivity contribution in [2.75, 3.05) is 6.54 Å². The predicted molar refractivity (Wildman–Crippen MR) is 50.9 cm³/mol. The van der Waals surface area contributed by atoms with Crippen LogP contribution in [0.2, 0.25) is 0 Å². The Morgan fingerprint density at radius 2 is 1.92 bits per heavy atom. The summed E-state index contributed by atoms with van der Waals surface area (Å²) in [6.07, 6.45) is 4.02. The molecule has 4 atom stereocenters. The van der Waals surface area contributed by atoms with Gasteiger partial charge in [-0.05, 0) is 32.1 Å². The Labute approximate surface area is 75.1 Å². The van der Waals surface area contributed by atoms with Crippen LogP contribution in [-0.2, 0) is 0 Å². The van der Waals surface area contributed by atoms with E-state index in [2.05, 4.69) is 18.7 Å². The molecule has 4 unspecified atom stereocenters. The Morgan fingerprint density at radius 1 is 1.17 bits per heavy atom. The molecule has 0 aromatic carbocycles. The summed E-state index contributed by atoms with van der Waals surface area (Å²) >= 11 is 0. The zero-order valence-electron chi connectivity index (χ0n) is 8.16. The van der Waals surface area contributed by atoms with Crippen LogP contribution < -0.4 is 5.73 Å². The van der Waals surface area contributed by atoms with Crippen molar-refractivity contribution in [1.29, 1.82) is 0 Å². The van der Waals surface area contributed by atoms with E-state index in [0.29, 0.717) is 12.1 Å². The average Bonchev–Trinajstić information content (AvgIpc) is 2.34. The number of hydrogen-bond acceptors (Lipinski definition) is 2. The molecule has 1 aliphatic carbocycles. The lowest BCUT2D eigenvalue weighted by atomic mass is 9.80. The Kier molecular flexibility index (Phi) is 2.13. The zero-order valence-corrected chi connectivity index (χ0v) is 8.16. The summed E-state index contributed by atoms with van der Waals surface area (Å²) < 4.78 is 0. The average molecular weight is 168 g/mol. The lowest BCUT2D eigenvalue weighted by Crippen LogP contribution is -2.49. The number of nitrogens with zero attached hydrogens (tertiary/aromatic N) is 1. The van der Waals surface area contributed by atoms with Gasteiger partial charge in [-0.1, -0.05) is 6.92 Å². The van der Waals surface area contributed by atoms with Crippen molar-refractivity contribution in [3.8, 4) is 0 Å². The Bertz CT molecular complexity index is 169. The van der Waals surface area contributed by atoms with Crippen LogP contribution in [0.15, 0.2) is 0 Å². The minimum atomic E-state index is 0.429. The van der Waals surface area contributed by atoms with Crippen molar-refractivity contribution in [1.82, 2.24) is 4.90 Å². The highest BCUT2D eigenvalue weighted by Gasteiger charge is 2.39. The molecule has 2 N–H and O–H groups in total. The molecular formula is C10H20N2. The molecule has 2 nitrogen and oxygen atoms in total. The van der Waals surface area contributed by atoms with Gasteiger partial charge in [-0.2, -0.15) is 0 Å². The summed E-state index contributed by atoms with van der Waals surface area (Å²) in [5, 5.41) is 0. The minimum absolute atomic E-state index is 0.429. The van der Waals surface area contributed by atoms with Crippen LogP contribution in [0, 0.1) is 5.92 Å². The number of hydrogen-bond donors (Lipinski definition) is 1. The second kappa shape index (κ2) is 3.00. The lowest BCUT2D eigenvalue weighted by molar-refractivity contribution is 0.0647. The molecule has 0 radical (unpaired) electrons. The Balaban J connectivity index is 1.96. The van der Waals surface area contributed by atoms with Crippen molar-refractivity contribution in [2.45, 2.75) is 51.2 Å². The van der Waals surface area contributed by atoms with Crippen molar-refractivity contribution in [3.63, 3.8) is 0 Å². The highest BCUT2D eigenvalue weighted by atomic mass is 15.2. The molecular weight excluding hydrogens is 148 g/mol. The highest BCUT2D eigenvalue weighted by Crippen LogP contribution is 2.35. The third-order valence-corrected chi connectivity index (χ3v) is 3.86. The molecule has 0 spiro atoms. The van der Waals surface area contributed by atoms with Crippen LogP contribution in [0.5, 0.6) is 0 Å². The quantitative estimate of drug-likeness (QED) is 0.637. The van der Waals surface area contributed by atoms with Crippen LogP contribution in [-0.4, -0.2) is 29.6 Å². The van der Waals surface area contributed by atoms with E-state index >= 15 is 0 Å². The van der Waals surface area contributed by atoms with Crippen LogP contribution in [0.3, 0.4) is 0 Å². The van der Waals surface area contributed by atoms with Gasteiger partial charge in [-0.25, -0.2) is 0 Å². The van der Waals surface area contributed by atoms with Crippen molar-refractivity contribution >= 4 is 0 Å². The van der Waals surface area contributed by atoms with Gasteiger partial charge in [0, 0.05) is 24.7 Å². The Hall–Kier alpha value is -0.0800. The van der Waals surface area contributed by atoms with Crippen molar-refractivity contribution in [3.05, 3.63) is 0 Å². The number of nitrogens with two attached hydrogens (primary N) is 1. The van der Waals surface area contributed by atoms with E-state index in [9.17, 15) is 0 Å². The Morgan fingerprint density at radius 3 is 2.25 bits per heavy atom. The van der Waals surface area contributed by atoms with E-state index < -0.39 is 0 Å². The van der Waals surface area contributed by atoms with E-state index in [0.717, 1.165) is 12.0 Å². The fraction of sp³-hybridized carbons (Fsp3) is 1.00. The van der Waals surface area contributed by atoms with Crippen LogP contribution in [0.4, 0.5) is 0 Å². The SMILES string of the molecule is CC1CCC1N1CCC(N)C1C. The monoisotopic (exact) mass is 168 g/mol. The summed E-state index contributed by atoms with van der Waals surface area (Å²) in [7, 11) is 0. The first-order valence-electron chi connectivity index (χ1n) is 5.21. The molecule has 1 saturated heterocycles.